The molecule has 6 rings (SSSR count). The Morgan fingerprint density at radius 3 is 1.86 bits per heavy atom. The highest BCUT2D eigenvalue weighted by Gasteiger charge is 2.52. The molecule has 4 aliphatic rings. The molecule has 0 spiro atoms. The van der Waals surface area contributed by atoms with Crippen molar-refractivity contribution in [2.75, 3.05) is 0 Å². The molecule has 0 fully saturated rings. The predicted octanol–water partition coefficient (Wildman–Crippen LogP) is 5.84. The van der Waals surface area contributed by atoms with Crippen molar-refractivity contribution in [3.8, 4) is 11.1 Å². The van der Waals surface area contributed by atoms with Crippen LogP contribution in [-0.2, 0) is 12.4 Å². The smallest absolute Gasteiger partial charge is 0.166 e. The van der Waals surface area contributed by atoms with Gasteiger partial charge in [-0.3, -0.25) is 0 Å². The van der Waals surface area contributed by atoms with Gasteiger partial charge >= 0.3 is 12.4 Å². The molecule has 29 heavy (non-hydrogen) atoms. The molecule has 6 bridgehead atoms. The summed E-state index contributed by atoms with van der Waals surface area (Å²) in [4.78, 5) is 1.19. The molecule has 2 aromatic rings. The van der Waals surface area contributed by atoms with E-state index in [0.29, 0.717) is 11.1 Å². The first-order chi connectivity index (χ1) is 13.2. The van der Waals surface area contributed by atoms with E-state index in [1.807, 2.05) is 6.92 Å². The van der Waals surface area contributed by atoms with Gasteiger partial charge in [-0.05, 0) is 79.5 Å². The molecule has 0 aromatic heterocycles. The van der Waals surface area contributed by atoms with E-state index in [1.165, 1.54) is 16.0 Å². The van der Waals surface area contributed by atoms with Gasteiger partial charge in [-0.2, -0.15) is 26.3 Å². The first-order valence-electron chi connectivity index (χ1n) is 9.43. The second-order valence-electron chi connectivity index (χ2n) is 9.31. The summed E-state index contributed by atoms with van der Waals surface area (Å²) in [6.45, 7) is 8.52. The highest BCUT2D eigenvalue weighted by atomic mass is 28.2. The minimum atomic E-state index is -4.83. The maximum Gasteiger partial charge on any atom is 0.416 e. The third kappa shape index (κ3) is 2.49. The summed E-state index contributed by atoms with van der Waals surface area (Å²) in [5.41, 5.74) is 3.09. The maximum atomic E-state index is 13.4. The van der Waals surface area contributed by atoms with Crippen molar-refractivity contribution in [1.29, 1.82) is 0 Å². The van der Waals surface area contributed by atoms with E-state index in [1.54, 1.807) is 0 Å². The molecule has 7 heteroatoms. The molecule has 0 amide bonds. The molecule has 0 saturated heterocycles. The Bertz CT molecular complexity index is 1190. The Morgan fingerprint density at radius 2 is 1.38 bits per heavy atom. The minimum absolute atomic E-state index is 0.0154. The second-order valence-corrected chi connectivity index (χ2v) is 10.9. The van der Waals surface area contributed by atoms with Gasteiger partial charge in [0.05, 0.1) is 11.1 Å². The summed E-state index contributed by atoms with van der Waals surface area (Å²) in [5.74, 6) is 0.117. The van der Waals surface area contributed by atoms with Crippen molar-refractivity contribution in [1.82, 2.24) is 0 Å². The second kappa shape index (κ2) is 5.23. The average molecular weight is 424 g/mol. The fourth-order valence-electron chi connectivity index (χ4n) is 5.19. The predicted molar refractivity (Wildman–Crippen MR) is 101 cm³/mol. The largest absolute Gasteiger partial charge is 0.416 e. The minimum Gasteiger partial charge on any atom is -0.166 e. The lowest BCUT2D eigenvalue weighted by Crippen LogP contribution is -2.19. The SMILES string of the molecule is Cc1c2c3c(-c4cc(C(F)(F)F)cc(C(F)(F)F)c4)c4c1=[SiH]C(C(C)(C)C)C=4C23. The Labute approximate surface area is 165 Å². The molecule has 0 N–H and O–H groups in total. The zero-order chi connectivity index (χ0) is 21.3. The molecule has 1 aliphatic heterocycles. The van der Waals surface area contributed by atoms with Gasteiger partial charge in [0.1, 0.15) is 0 Å². The number of benzene rings is 2. The summed E-state index contributed by atoms with van der Waals surface area (Å²) in [6, 6.07) is 1.98. The van der Waals surface area contributed by atoms with Crippen LogP contribution in [0, 0.1) is 17.2 Å². The van der Waals surface area contributed by atoms with Crippen LogP contribution in [0.4, 0.5) is 26.3 Å². The van der Waals surface area contributed by atoms with E-state index in [-0.39, 0.29) is 32.1 Å². The van der Waals surface area contributed by atoms with Gasteiger partial charge in [-0.25, -0.2) is 0 Å². The molecule has 3 aliphatic carbocycles. The van der Waals surface area contributed by atoms with Crippen molar-refractivity contribution in [3.63, 3.8) is 0 Å². The van der Waals surface area contributed by atoms with E-state index in [2.05, 4.69) is 20.8 Å². The van der Waals surface area contributed by atoms with E-state index in [0.717, 1.165) is 28.5 Å². The van der Waals surface area contributed by atoms with Crippen LogP contribution >= 0.6 is 0 Å². The quantitative estimate of drug-likeness (QED) is 0.398. The number of alkyl halides is 6. The van der Waals surface area contributed by atoms with Gasteiger partial charge in [0, 0.05) is 15.0 Å². The molecule has 2 unspecified atom stereocenters. The molecule has 2 aromatic carbocycles. The van der Waals surface area contributed by atoms with Gasteiger partial charge in [0.2, 0.25) is 0 Å². The van der Waals surface area contributed by atoms with Crippen molar-refractivity contribution in [3.05, 3.63) is 56.0 Å². The zero-order valence-electron chi connectivity index (χ0n) is 16.2. The van der Waals surface area contributed by atoms with E-state index >= 15 is 0 Å². The standard InChI is InChI=1S/C22H18F6Si/c1-8-12-14-13(16-17(15(12)14)19(20(2,3)4)29-18(8)16)9-5-10(21(23,24)25)7-11(6-9)22(26,27)28/h5-7,15,19,29H,1-4H3. The molecule has 0 nitrogen and oxygen atoms in total. The van der Waals surface area contributed by atoms with Gasteiger partial charge in [0.15, 0.2) is 0 Å². The number of hydrogen-bond acceptors (Lipinski definition) is 0. The van der Waals surface area contributed by atoms with Crippen LogP contribution in [0.25, 0.3) is 16.7 Å². The molecule has 0 radical (unpaired) electrons. The first-order valence-corrected chi connectivity index (χ1v) is 10.7. The van der Waals surface area contributed by atoms with Gasteiger partial charge < -0.3 is 0 Å². The molecular weight excluding hydrogens is 406 g/mol. The van der Waals surface area contributed by atoms with Gasteiger partial charge in [-0.15, -0.1) is 0 Å². The molecule has 1 heterocycles. The normalized spacial score (nSPS) is 21.7. The highest BCUT2D eigenvalue weighted by molar-refractivity contribution is 6.37. The van der Waals surface area contributed by atoms with Crippen molar-refractivity contribution >= 4 is 14.7 Å². The molecule has 152 valence electrons. The lowest BCUT2D eigenvalue weighted by atomic mass is 9.83. The van der Waals surface area contributed by atoms with Crippen molar-refractivity contribution in [2.45, 2.75) is 51.5 Å². The Balaban J connectivity index is 1.82. The Morgan fingerprint density at radius 1 is 0.828 bits per heavy atom. The number of halogens is 6. The van der Waals surface area contributed by atoms with Crippen LogP contribution in [0.15, 0.2) is 18.2 Å². The third-order valence-corrected chi connectivity index (χ3v) is 9.21. The summed E-state index contributed by atoms with van der Waals surface area (Å²) in [7, 11) is -0.0857. The van der Waals surface area contributed by atoms with E-state index in [4.69, 9.17) is 0 Å². The average Bonchev–Trinajstić information content (AvgIpc) is 3.06. The Kier molecular flexibility index (Phi) is 3.44. The van der Waals surface area contributed by atoms with E-state index in [9.17, 15) is 26.3 Å². The maximum absolute atomic E-state index is 13.4. The van der Waals surface area contributed by atoms with Crippen LogP contribution < -0.4 is 5.22 Å². The van der Waals surface area contributed by atoms with Gasteiger partial charge in [-0.1, -0.05) is 20.8 Å². The molecule has 0 saturated carbocycles. The topological polar surface area (TPSA) is 0 Å². The summed E-state index contributed by atoms with van der Waals surface area (Å²) in [6.07, 6.45) is -9.67. The lowest BCUT2D eigenvalue weighted by Gasteiger charge is -2.28. The number of hydrogen-bond donors (Lipinski definition) is 0. The van der Waals surface area contributed by atoms with Crippen LogP contribution in [0.1, 0.15) is 54.5 Å². The Hall–Kier alpha value is -1.89. The summed E-state index contributed by atoms with van der Waals surface area (Å²) in [5, 5.41) is 0.958. The van der Waals surface area contributed by atoms with Crippen LogP contribution in [-0.4, -0.2) is 9.13 Å². The lowest BCUT2D eigenvalue weighted by molar-refractivity contribution is -0.143. The summed E-state index contributed by atoms with van der Waals surface area (Å²) < 4.78 is 80.2. The highest BCUT2D eigenvalue weighted by Crippen LogP contribution is 2.64. The molecular formula is C22H18F6Si. The fourth-order valence-corrected chi connectivity index (χ4v) is 7.45. The summed E-state index contributed by atoms with van der Waals surface area (Å²) >= 11 is 0. The fraction of sp³-hybridized carbons (Fsp3) is 0.409. The zero-order valence-corrected chi connectivity index (χ0v) is 17.4. The first kappa shape index (κ1) is 19.1. The molecule has 2 atom stereocenters. The van der Waals surface area contributed by atoms with E-state index < -0.39 is 23.5 Å². The van der Waals surface area contributed by atoms with Crippen LogP contribution in [0.3, 0.4) is 0 Å². The van der Waals surface area contributed by atoms with Crippen molar-refractivity contribution < 1.29 is 26.3 Å². The monoisotopic (exact) mass is 424 g/mol. The van der Waals surface area contributed by atoms with Crippen molar-refractivity contribution in [2.24, 2.45) is 5.41 Å². The number of rotatable bonds is 1. The van der Waals surface area contributed by atoms with Crippen LogP contribution in [0.5, 0.6) is 0 Å². The third-order valence-electron chi connectivity index (χ3n) is 6.46. The van der Waals surface area contributed by atoms with Crippen LogP contribution in [0.2, 0.25) is 5.54 Å². The van der Waals surface area contributed by atoms with Gasteiger partial charge in [0.25, 0.3) is 0 Å².